The van der Waals surface area contributed by atoms with Gasteiger partial charge in [0.15, 0.2) is 0 Å². The first kappa shape index (κ1) is 11.0. The number of nitrogens with zero attached hydrogens (tertiary/aromatic N) is 2. The molecular formula is C14H12N2O2. The van der Waals surface area contributed by atoms with Crippen molar-refractivity contribution in [3.05, 3.63) is 36.0 Å². The van der Waals surface area contributed by atoms with Crippen LogP contribution in [-0.2, 0) is 4.74 Å². The third-order valence-corrected chi connectivity index (χ3v) is 3.02. The van der Waals surface area contributed by atoms with E-state index in [1.54, 1.807) is 6.20 Å². The minimum absolute atomic E-state index is 0.0305. The number of hydrogen-bond donors (Lipinski definition) is 0. The van der Waals surface area contributed by atoms with Crippen LogP contribution in [-0.4, -0.2) is 24.3 Å². The fourth-order valence-corrected chi connectivity index (χ4v) is 2.10. The molecule has 0 spiro atoms. The van der Waals surface area contributed by atoms with Gasteiger partial charge in [-0.2, -0.15) is 5.26 Å². The summed E-state index contributed by atoms with van der Waals surface area (Å²) in [5.74, 6) is 0.624. The molecule has 1 aromatic heterocycles. The molecule has 0 saturated carbocycles. The van der Waals surface area contributed by atoms with Crippen molar-refractivity contribution in [3.63, 3.8) is 0 Å². The highest BCUT2D eigenvalue weighted by molar-refractivity contribution is 5.87. The Bertz CT molecular complexity index is 613. The largest absolute Gasteiger partial charge is 0.486 e. The molecule has 1 saturated heterocycles. The van der Waals surface area contributed by atoms with E-state index in [1.165, 1.54) is 0 Å². The number of rotatable bonds is 2. The highest BCUT2D eigenvalue weighted by atomic mass is 16.5. The summed E-state index contributed by atoms with van der Waals surface area (Å²) in [5, 5.41) is 10.0. The third kappa shape index (κ3) is 1.89. The van der Waals surface area contributed by atoms with Crippen molar-refractivity contribution in [1.82, 2.24) is 4.98 Å². The van der Waals surface area contributed by atoms with Crippen LogP contribution < -0.4 is 4.74 Å². The van der Waals surface area contributed by atoms with Crippen LogP contribution in [0.3, 0.4) is 0 Å². The van der Waals surface area contributed by atoms with Crippen LogP contribution in [0.4, 0.5) is 0 Å². The number of benzene rings is 1. The number of nitriles is 1. The van der Waals surface area contributed by atoms with Gasteiger partial charge in [0, 0.05) is 18.0 Å². The zero-order valence-corrected chi connectivity index (χ0v) is 9.80. The van der Waals surface area contributed by atoms with Crippen molar-refractivity contribution in [1.29, 1.82) is 5.26 Å². The Morgan fingerprint density at radius 1 is 1.39 bits per heavy atom. The molecule has 2 aromatic rings. The first-order valence-electron chi connectivity index (χ1n) is 5.91. The van der Waals surface area contributed by atoms with Crippen LogP contribution in [0.1, 0.15) is 12.0 Å². The molecule has 4 nitrogen and oxygen atoms in total. The van der Waals surface area contributed by atoms with Crippen molar-refractivity contribution < 1.29 is 9.47 Å². The quantitative estimate of drug-likeness (QED) is 0.808. The van der Waals surface area contributed by atoms with E-state index in [0.29, 0.717) is 17.9 Å². The van der Waals surface area contributed by atoms with Gasteiger partial charge in [-0.05, 0) is 12.1 Å². The van der Waals surface area contributed by atoms with Gasteiger partial charge in [-0.1, -0.05) is 12.1 Å². The summed E-state index contributed by atoms with van der Waals surface area (Å²) in [7, 11) is 0. The molecule has 1 fully saturated rings. The summed E-state index contributed by atoms with van der Waals surface area (Å²) in [6.45, 7) is 1.30. The lowest BCUT2D eigenvalue weighted by Crippen LogP contribution is -2.16. The Balaban J connectivity index is 2.08. The Morgan fingerprint density at radius 3 is 3.06 bits per heavy atom. The molecule has 18 heavy (non-hydrogen) atoms. The van der Waals surface area contributed by atoms with Gasteiger partial charge in [0.05, 0.1) is 18.7 Å². The van der Waals surface area contributed by atoms with Crippen LogP contribution in [0, 0.1) is 11.3 Å². The lowest BCUT2D eigenvalue weighted by molar-refractivity contribution is 0.142. The molecule has 0 bridgehead atoms. The van der Waals surface area contributed by atoms with E-state index in [2.05, 4.69) is 11.1 Å². The average Bonchev–Trinajstić information content (AvgIpc) is 2.92. The molecule has 2 heterocycles. The second-order valence-corrected chi connectivity index (χ2v) is 4.23. The van der Waals surface area contributed by atoms with Gasteiger partial charge in [-0.25, -0.2) is 0 Å². The second-order valence-electron chi connectivity index (χ2n) is 4.23. The molecule has 90 valence electrons. The van der Waals surface area contributed by atoms with Gasteiger partial charge in [0.1, 0.15) is 23.5 Å². The first-order chi connectivity index (χ1) is 8.88. The van der Waals surface area contributed by atoms with E-state index in [9.17, 15) is 0 Å². The van der Waals surface area contributed by atoms with E-state index in [4.69, 9.17) is 14.7 Å². The van der Waals surface area contributed by atoms with Crippen LogP contribution in [0.5, 0.6) is 5.75 Å². The maximum atomic E-state index is 9.15. The lowest BCUT2D eigenvalue weighted by atomic mass is 10.1. The van der Waals surface area contributed by atoms with E-state index < -0.39 is 0 Å². The number of hydrogen-bond acceptors (Lipinski definition) is 4. The third-order valence-electron chi connectivity index (χ3n) is 3.02. The van der Waals surface area contributed by atoms with Crippen molar-refractivity contribution in [3.8, 4) is 11.8 Å². The molecule has 4 heteroatoms. The summed E-state index contributed by atoms with van der Waals surface area (Å²) in [6, 6.07) is 9.81. The molecular weight excluding hydrogens is 228 g/mol. The van der Waals surface area contributed by atoms with Crippen molar-refractivity contribution in [2.24, 2.45) is 0 Å². The highest BCUT2D eigenvalue weighted by Crippen LogP contribution is 2.29. The zero-order valence-electron chi connectivity index (χ0n) is 9.80. The topological polar surface area (TPSA) is 55.1 Å². The molecule has 0 aliphatic carbocycles. The van der Waals surface area contributed by atoms with E-state index in [-0.39, 0.29) is 6.10 Å². The SMILES string of the molecule is N#Cc1cnc2ccccc2c1OC1CCOC1. The predicted octanol–water partition coefficient (Wildman–Crippen LogP) is 2.27. The van der Waals surface area contributed by atoms with Crippen molar-refractivity contribution in [2.75, 3.05) is 13.2 Å². The summed E-state index contributed by atoms with van der Waals surface area (Å²) < 4.78 is 11.2. The molecule has 3 rings (SSSR count). The number of para-hydroxylation sites is 1. The normalized spacial score (nSPS) is 18.7. The molecule has 1 atom stereocenters. The van der Waals surface area contributed by atoms with Gasteiger partial charge >= 0.3 is 0 Å². The van der Waals surface area contributed by atoms with Crippen LogP contribution in [0.2, 0.25) is 0 Å². The number of fused-ring (bicyclic) bond motifs is 1. The number of aromatic nitrogens is 1. The standard InChI is InChI=1S/C14H12N2O2/c15-7-10-8-16-13-4-2-1-3-12(13)14(10)18-11-5-6-17-9-11/h1-4,8,11H,5-6,9H2. The molecule has 1 aliphatic heterocycles. The van der Waals surface area contributed by atoms with Gasteiger partial charge in [-0.15, -0.1) is 0 Å². The molecule has 1 unspecified atom stereocenters. The summed E-state index contributed by atoms with van der Waals surface area (Å²) in [4.78, 5) is 4.25. The maximum absolute atomic E-state index is 9.15. The Morgan fingerprint density at radius 2 is 2.28 bits per heavy atom. The highest BCUT2D eigenvalue weighted by Gasteiger charge is 2.20. The van der Waals surface area contributed by atoms with Gasteiger partial charge in [-0.3, -0.25) is 4.98 Å². The van der Waals surface area contributed by atoms with Gasteiger partial charge < -0.3 is 9.47 Å². The van der Waals surface area contributed by atoms with Gasteiger partial charge in [0.2, 0.25) is 0 Å². The molecule has 0 radical (unpaired) electrons. The summed E-state index contributed by atoms with van der Waals surface area (Å²) in [5.41, 5.74) is 1.31. The Kier molecular flexibility index (Phi) is 2.83. The maximum Gasteiger partial charge on any atom is 0.148 e. The molecule has 1 aliphatic rings. The predicted molar refractivity (Wildman–Crippen MR) is 66.3 cm³/mol. The monoisotopic (exact) mass is 240 g/mol. The van der Waals surface area contributed by atoms with Crippen LogP contribution >= 0.6 is 0 Å². The van der Waals surface area contributed by atoms with Crippen molar-refractivity contribution in [2.45, 2.75) is 12.5 Å². The average molecular weight is 240 g/mol. The Hall–Kier alpha value is -2.12. The number of ether oxygens (including phenoxy) is 2. The summed E-state index contributed by atoms with van der Waals surface area (Å²) in [6.07, 6.45) is 2.46. The molecule has 0 amide bonds. The molecule has 1 aromatic carbocycles. The zero-order chi connectivity index (χ0) is 12.4. The fourth-order valence-electron chi connectivity index (χ4n) is 2.10. The van der Waals surface area contributed by atoms with E-state index in [1.807, 2.05) is 24.3 Å². The minimum atomic E-state index is 0.0305. The molecule has 0 N–H and O–H groups in total. The van der Waals surface area contributed by atoms with E-state index in [0.717, 1.165) is 23.9 Å². The lowest BCUT2D eigenvalue weighted by Gasteiger charge is -2.14. The van der Waals surface area contributed by atoms with Crippen LogP contribution in [0.25, 0.3) is 10.9 Å². The summed E-state index contributed by atoms with van der Waals surface area (Å²) >= 11 is 0. The number of pyridine rings is 1. The second kappa shape index (κ2) is 4.63. The van der Waals surface area contributed by atoms with E-state index >= 15 is 0 Å². The smallest absolute Gasteiger partial charge is 0.148 e. The van der Waals surface area contributed by atoms with Crippen molar-refractivity contribution >= 4 is 10.9 Å². The van der Waals surface area contributed by atoms with Crippen LogP contribution in [0.15, 0.2) is 30.5 Å². The Labute approximate surface area is 105 Å². The first-order valence-corrected chi connectivity index (χ1v) is 5.91. The van der Waals surface area contributed by atoms with Gasteiger partial charge in [0.25, 0.3) is 0 Å². The minimum Gasteiger partial charge on any atom is -0.486 e. The fraction of sp³-hybridized carbons (Fsp3) is 0.286.